The summed E-state index contributed by atoms with van der Waals surface area (Å²) in [5.74, 6) is 0.585. The van der Waals surface area contributed by atoms with Crippen molar-refractivity contribution in [1.29, 1.82) is 0 Å². The zero-order chi connectivity index (χ0) is 20.0. The first-order chi connectivity index (χ1) is 13.7. The number of nitrogens with one attached hydrogen (secondary N) is 3. The second-order valence-corrected chi connectivity index (χ2v) is 7.31. The number of hydrogen-bond donors (Lipinski definition) is 3. The molecule has 1 aromatic rings. The molecule has 1 saturated carbocycles. The molecule has 2 rings (SSSR count). The van der Waals surface area contributed by atoms with Crippen LogP contribution in [0, 0.1) is 0 Å². The van der Waals surface area contributed by atoms with Gasteiger partial charge in [0.1, 0.15) is 0 Å². The van der Waals surface area contributed by atoms with E-state index >= 15 is 0 Å². The highest BCUT2D eigenvalue weighted by Crippen LogP contribution is 2.20. The van der Waals surface area contributed by atoms with Gasteiger partial charge in [0.2, 0.25) is 0 Å². The number of carbonyl (C=O) groups excluding carboxylic acids is 1. The normalized spacial score (nSPS) is 14.8. The van der Waals surface area contributed by atoms with E-state index in [2.05, 4.69) is 20.9 Å². The number of amides is 1. The summed E-state index contributed by atoms with van der Waals surface area (Å²) < 4.78 is 5.93. The van der Waals surface area contributed by atoms with Gasteiger partial charge in [0.25, 0.3) is 5.91 Å². The Kier molecular flexibility index (Phi) is 14.1. The minimum Gasteiger partial charge on any atom is -0.378 e. The monoisotopic (exact) mass is 536 g/mol. The summed E-state index contributed by atoms with van der Waals surface area (Å²) >= 11 is 6.04. The van der Waals surface area contributed by atoms with Gasteiger partial charge in [-0.15, -0.1) is 24.0 Å². The van der Waals surface area contributed by atoms with E-state index in [1.165, 1.54) is 32.1 Å². The van der Waals surface area contributed by atoms with E-state index < -0.39 is 0 Å². The SMILES string of the molecule is CCNC(=NCCCOC1CCCCC1)NCCNC(=O)c1ccccc1Cl.I. The largest absolute Gasteiger partial charge is 0.378 e. The third-order valence-corrected chi connectivity index (χ3v) is 4.97. The van der Waals surface area contributed by atoms with Crippen molar-refractivity contribution in [2.24, 2.45) is 4.99 Å². The van der Waals surface area contributed by atoms with Gasteiger partial charge in [0.05, 0.1) is 16.7 Å². The topological polar surface area (TPSA) is 74.8 Å². The molecule has 0 aromatic heterocycles. The van der Waals surface area contributed by atoms with E-state index in [0.717, 1.165) is 25.5 Å². The molecule has 0 heterocycles. The molecule has 0 unspecified atom stereocenters. The van der Waals surface area contributed by atoms with Crippen LogP contribution >= 0.6 is 35.6 Å². The summed E-state index contributed by atoms with van der Waals surface area (Å²) in [7, 11) is 0. The zero-order valence-corrected chi connectivity index (χ0v) is 20.3. The molecule has 0 spiro atoms. The molecule has 3 N–H and O–H groups in total. The first-order valence-corrected chi connectivity index (χ1v) is 10.7. The Balaban J connectivity index is 0.00000420. The fourth-order valence-corrected chi connectivity index (χ4v) is 3.40. The molecule has 0 bridgehead atoms. The van der Waals surface area contributed by atoms with Crippen LogP contribution < -0.4 is 16.0 Å². The van der Waals surface area contributed by atoms with Crippen molar-refractivity contribution in [3.63, 3.8) is 0 Å². The van der Waals surface area contributed by atoms with Crippen LogP contribution in [0.4, 0.5) is 0 Å². The predicted molar refractivity (Wildman–Crippen MR) is 131 cm³/mol. The smallest absolute Gasteiger partial charge is 0.252 e. The molecule has 0 aliphatic heterocycles. The number of benzene rings is 1. The Morgan fingerprint density at radius 2 is 1.86 bits per heavy atom. The Morgan fingerprint density at radius 3 is 2.59 bits per heavy atom. The molecule has 1 amide bonds. The van der Waals surface area contributed by atoms with Crippen molar-refractivity contribution in [2.45, 2.75) is 51.6 Å². The molecular formula is C21H34ClIN4O2. The summed E-state index contributed by atoms with van der Waals surface area (Å²) in [5, 5.41) is 9.77. The summed E-state index contributed by atoms with van der Waals surface area (Å²) in [6.07, 6.45) is 7.71. The molecule has 6 nitrogen and oxygen atoms in total. The van der Waals surface area contributed by atoms with Gasteiger partial charge in [-0.25, -0.2) is 0 Å². The molecule has 0 atom stereocenters. The van der Waals surface area contributed by atoms with Gasteiger partial charge in [-0.2, -0.15) is 0 Å². The fourth-order valence-electron chi connectivity index (χ4n) is 3.18. The summed E-state index contributed by atoms with van der Waals surface area (Å²) in [6.45, 7) is 5.37. The maximum absolute atomic E-state index is 12.1. The Bertz CT molecular complexity index is 624. The fraction of sp³-hybridized carbons (Fsp3) is 0.619. The van der Waals surface area contributed by atoms with E-state index in [4.69, 9.17) is 16.3 Å². The first-order valence-electron chi connectivity index (χ1n) is 10.4. The van der Waals surface area contributed by atoms with Gasteiger partial charge in [-0.1, -0.05) is 43.0 Å². The Labute approximate surface area is 196 Å². The van der Waals surface area contributed by atoms with E-state index in [-0.39, 0.29) is 29.9 Å². The molecule has 29 heavy (non-hydrogen) atoms. The number of ether oxygens (including phenoxy) is 1. The maximum atomic E-state index is 12.1. The van der Waals surface area contributed by atoms with Crippen LogP contribution in [0.3, 0.4) is 0 Å². The predicted octanol–water partition coefficient (Wildman–Crippen LogP) is 3.98. The van der Waals surface area contributed by atoms with Crippen LogP contribution in [0.15, 0.2) is 29.3 Å². The van der Waals surface area contributed by atoms with Crippen LogP contribution in [-0.4, -0.2) is 50.8 Å². The second-order valence-electron chi connectivity index (χ2n) is 6.91. The highest BCUT2D eigenvalue weighted by atomic mass is 127. The van der Waals surface area contributed by atoms with Gasteiger partial charge in [-0.3, -0.25) is 9.79 Å². The molecule has 1 aliphatic carbocycles. The minimum absolute atomic E-state index is 0. The van der Waals surface area contributed by atoms with Crippen molar-refractivity contribution < 1.29 is 9.53 Å². The van der Waals surface area contributed by atoms with Crippen LogP contribution in [0.25, 0.3) is 0 Å². The Hall–Kier alpha value is -1.06. The molecule has 0 radical (unpaired) electrons. The lowest BCUT2D eigenvalue weighted by molar-refractivity contribution is 0.0281. The number of nitrogens with zero attached hydrogens (tertiary/aromatic N) is 1. The summed E-state index contributed by atoms with van der Waals surface area (Å²) in [4.78, 5) is 16.7. The molecule has 164 valence electrons. The quantitative estimate of drug-likeness (QED) is 0.183. The zero-order valence-electron chi connectivity index (χ0n) is 17.2. The van der Waals surface area contributed by atoms with E-state index in [0.29, 0.717) is 36.3 Å². The van der Waals surface area contributed by atoms with Crippen molar-refractivity contribution in [1.82, 2.24) is 16.0 Å². The third-order valence-electron chi connectivity index (χ3n) is 4.64. The highest BCUT2D eigenvalue weighted by Gasteiger charge is 2.13. The van der Waals surface area contributed by atoms with Gasteiger partial charge >= 0.3 is 0 Å². The summed E-state index contributed by atoms with van der Waals surface area (Å²) in [5.41, 5.74) is 0.489. The Morgan fingerprint density at radius 1 is 1.14 bits per heavy atom. The van der Waals surface area contributed by atoms with Crippen molar-refractivity contribution >= 4 is 47.4 Å². The molecular weight excluding hydrogens is 503 g/mol. The average Bonchev–Trinajstić information content (AvgIpc) is 2.71. The van der Waals surface area contributed by atoms with Gasteiger partial charge < -0.3 is 20.7 Å². The van der Waals surface area contributed by atoms with Gasteiger partial charge in [0, 0.05) is 32.8 Å². The molecule has 0 saturated heterocycles. The minimum atomic E-state index is -0.172. The molecule has 8 heteroatoms. The third kappa shape index (κ3) is 10.5. The van der Waals surface area contributed by atoms with Gasteiger partial charge in [-0.05, 0) is 38.3 Å². The van der Waals surface area contributed by atoms with E-state index in [9.17, 15) is 4.79 Å². The van der Waals surface area contributed by atoms with Crippen molar-refractivity contribution in [3.8, 4) is 0 Å². The highest BCUT2D eigenvalue weighted by molar-refractivity contribution is 14.0. The number of halogens is 2. The van der Waals surface area contributed by atoms with E-state index in [1.54, 1.807) is 24.3 Å². The lowest BCUT2D eigenvalue weighted by atomic mass is 9.98. The van der Waals surface area contributed by atoms with Crippen molar-refractivity contribution in [2.75, 3.05) is 32.8 Å². The standard InChI is InChI=1S/C21H33ClN4O2.HI/c1-2-23-21(25-13-8-16-28-17-9-4-3-5-10-17)26-15-14-24-20(27)18-11-6-7-12-19(18)22;/h6-7,11-12,17H,2-5,8-10,13-16H2,1H3,(H,24,27)(H2,23,25,26);1H. The number of rotatable bonds is 10. The van der Waals surface area contributed by atoms with Crippen molar-refractivity contribution in [3.05, 3.63) is 34.9 Å². The first kappa shape index (κ1) is 26.0. The van der Waals surface area contributed by atoms with Gasteiger partial charge in [0.15, 0.2) is 5.96 Å². The van der Waals surface area contributed by atoms with E-state index in [1.807, 2.05) is 6.92 Å². The maximum Gasteiger partial charge on any atom is 0.252 e. The van der Waals surface area contributed by atoms with Crippen LogP contribution in [0.2, 0.25) is 5.02 Å². The molecule has 1 fully saturated rings. The lowest BCUT2D eigenvalue weighted by Gasteiger charge is -2.21. The number of aliphatic imine (C=N–C) groups is 1. The molecule has 1 aliphatic rings. The van der Waals surface area contributed by atoms with Crippen LogP contribution in [0.5, 0.6) is 0 Å². The van der Waals surface area contributed by atoms with Crippen LogP contribution in [0.1, 0.15) is 55.8 Å². The van der Waals surface area contributed by atoms with Crippen LogP contribution in [-0.2, 0) is 4.74 Å². The number of carbonyl (C=O) groups is 1. The number of hydrogen-bond acceptors (Lipinski definition) is 3. The molecule has 1 aromatic carbocycles. The lowest BCUT2D eigenvalue weighted by Crippen LogP contribution is -2.41. The average molecular weight is 537 g/mol. The second kappa shape index (κ2) is 15.7. The number of guanidine groups is 1. The summed E-state index contributed by atoms with van der Waals surface area (Å²) in [6, 6.07) is 7.03.